The molecule has 21 heavy (non-hydrogen) atoms. The second kappa shape index (κ2) is 7.14. The topological polar surface area (TPSA) is 78.4 Å². The predicted molar refractivity (Wildman–Crippen MR) is 81.0 cm³/mol. The lowest BCUT2D eigenvalue weighted by Gasteiger charge is -2.35. The highest BCUT2D eigenvalue weighted by atomic mass is 16.4. The molecule has 2 rings (SSSR count). The Kier molecular flexibility index (Phi) is 5.48. The summed E-state index contributed by atoms with van der Waals surface area (Å²) in [6, 6.07) is 0.306. The van der Waals surface area contributed by atoms with E-state index in [9.17, 15) is 9.59 Å². The van der Waals surface area contributed by atoms with Crippen molar-refractivity contribution < 1.29 is 14.7 Å². The molecule has 2 fully saturated rings. The van der Waals surface area contributed by atoms with Gasteiger partial charge in [-0.25, -0.2) is 4.79 Å². The van der Waals surface area contributed by atoms with Gasteiger partial charge in [0.05, 0.1) is 5.92 Å². The van der Waals surface area contributed by atoms with Crippen molar-refractivity contribution in [1.29, 1.82) is 0 Å². The van der Waals surface area contributed by atoms with Gasteiger partial charge in [-0.05, 0) is 43.9 Å². The Bertz CT molecular complexity index is 378. The molecule has 120 valence electrons. The van der Waals surface area contributed by atoms with Crippen LogP contribution in [0.15, 0.2) is 0 Å². The van der Waals surface area contributed by atoms with Gasteiger partial charge in [-0.3, -0.25) is 4.79 Å². The maximum atomic E-state index is 12.1. The first kappa shape index (κ1) is 16.1. The molecular formula is C16H28N2O3. The first-order valence-corrected chi connectivity index (χ1v) is 8.27. The van der Waals surface area contributed by atoms with Gasteiger partial charge >= 0.3 is 12.0 Å². The van der Waals surface area contributed by atoms with Gasteiger partial charge in [-0.1, -0.05) is 26.7 Å². The third-order valence-corrected chi connectivity index (χ3v) is 5.43. The molecule has 2 amide bonds. The van der Waals surface area contributed by atoms with Gasteiger partial charge in [0.15, 0.2) is 0 Å². The summed E-state index contributed by atoms with van der Waals surface area (Å²) in [6.45, 7) is 4.47. The summed E-state index contributed by atoms with van der Waals surface area (Å²) in [5.41, 5.74) is 0. The van der Waals surface area contributed by atoms with E-state index in [1.807, 2.05) is 0 Å². The summed E-state index contributed by atoms with van der Waals surface area (Å²) in [4.78, 5) is 23.0. The number of carboxylic acids is 1. The quantitative estimate of drug-likeness (QED) is 0.749. The van der Waals surface area contributed by atoms with Crippen LogP contribution < -0.4 is 10.6 Å². The summed E-state index contributed by atoms with van der Waals surface area (Å²) in [7, 11) is 0. The van der Waals surface area contributed by atoms with Crippen molar-refractivity contribution in [1.82, 2.24) is 10.6 Å². The first-order valence-electron chi connectivity index (χ1n) is 8.27. The number of carbonyl (C=O) groups excluding carboxylic acids is 1. The first-order chi connectivity index (χ1) is 9.97. The van der Waals surface area contributed by atoms with Crippen LogP contribution in [0.3, 0.4) is 0 Å². The summed E-state index contributed by atoms with van der Waals surface area (Å²) < 4.78 is 0. The van der Waals surface area contributed by atoms with E-state index in [1.165, 1.54) is 12.8 Å². The van der Waals surface area contributed by atoms with E-state index < -0.39 is 5.97 Å². The normalized spacial score (nSPS) is 36.8. The molecule has 3 N–H and O–H groups in total. The Morgan fingerprint density at radius 1 is 0.952 bits per heavy atom. The Hall–Kier alpha value is -1.26. The Labute approximate surface area is 126 Å². The number of rotatable bonds is 3. The lowest BCUT2D eigenvalue weighted by molar-refractivity contribution is -0.142. The van der Waals surface area contributed by atoms with Crippen LogP contribution in [0.25, 0.3) is 0 Å². The zero-order chi connectivity index (χ0) is 15.4. The Balaban J connectivity index is 1.74. The van der Waals surface area contributed by atoms with Crippen molar-refractivity contribution in [2.24, 2.45) is 17.8 Å². The lowest BCUT2D eigenvalue weighted by atomic mass is 9.78. The minimum Gasteiger partial charge on any atom is -0.481 e. The molecule has 0 aliphatic heterocycles. The third kappa shape index (κ3) is 4.35. The van der Waals surface area contributed by atoms with Crippen molar-refractivity contribution in [3.05, 3.63) is 0 Å². The highest BCUT2D eigenvalue weighted by molar-refractivity contribution is 5.74. The van der Waals surface area contributed by atoms with Gasteiger partial charge in [0.1, 0.15) is 0 Å². The van der Waals surface area contributed by atoms with E-state index >= 15 is 0 Å². The largest absolute Gasteiger partial charge is 0.481 e. The molecule has 2 aliphatic rings. The Morgan fingerprint density at radius 2 is 1.62 bits per heavy atom. The van der Waals surface area contributed by atoms with Crippen LogP contribution >= 0.6 is 0 Å². The summed E-state index contributed by atoms with van der Waals surface area (Å²) in [5.74, 6) is 0.246. The van der Waals surface area contributed by atoms with Crippen LogP contribution in [-0.4, -0.2) is 29.2 Å². The van der Waals surface area contributed by atoms with Crippen LogP contribution in [0.1, 0.15) is 58.8 Å². The highest BCUT2D eigenvalue weighted by Gasteiger charge is 2.30. The molecular weight excluding hydrogens is 268 g/mol. The number of carboxylic acid groups (broad SMARTS) is 1. The number of hydrogen-bond donors (Lipinski definition) is 3. The third-order valence-electron chi connectivity index (χ3n) is 5.43. The van der Waals surface area contributed by atoms with Crippen molar-refractivity contribution in [2.45, 2.75) is 70.9 Å². The molecule has 0 aromatic heterocycles. The van der Waals surface area contributed by atoms with Crippen molar-refractivity contribution in [3.8, 4) is 0 Å². The zero-order valence-corrected chi connectivity index (χ0v) is 13.1. The number of carbonyl (C=O) groups is 2. The molecule has 0 heterocycles. The summed E-state index contributed by atoms with van der Waals surface area (Å²) in [6.07, 6.45) is 6.35. The minimum atomic E-state index is -0.706. The SMILES string of the molecule is CC1CCCC(NC(=O)NC2CCC(C(=O)O)CC2)C1C. The molecule has 0 spiro atoms. The minimum absolute atomic E-state index is 0.0836. The van der Waals surface area contributed by atoms with E-state index in [4.69, 9.17) is 5.11 Å². The van der Waals surface area contributed by atoms with E-state index in [1.54, 1.807) is 0 Å². The van der Waals surface area contributed by atoms with E-state index in [-0.39, 0.29) is 24.0 Å². The smallest absolute Gasteiger partial charge is 0.315 e. The fraction of sp³-hybridized carbons (Fsp3) is 0.875. The lowest BCUT2D eigenvalue weighted by Crippen LogP contribution is -2.51. The average molecular weight is 296 g/mol. The molecule has 2 aliphatic carbocycles. The summed E-state index contributed by atoms with van der Waals surface area (Å²) in [5, 5.41) is 15.1. The standard InChI is InChI=1S/C16H28N2O3/c1-10-4-3-5-14(11(10)2)18-16(21)17-13-8-6-12(7-9-13)15(19)20/h10-14H,3-9H2,1-2H3,(H,19,20)(H2,17,18,21). The molecule has 3 atom stereocenters. The zero-order valence-electron chi connectivity index (χ0n) is 13.1. The van der Waals surface area contributed by atoms with Crippen LogP contribution in [0.5, 0.6) is 0 Å². The highest BCUT2D eigenvalue weighted by Crippen LogP contribution is 2.29. The molecule has 0 aromatic carbocycles. The van der Waals surface area contributed by atoms with Crippen molar-refractivity contribution >= 4 is 12.0 Å². The van der Waals surface area contributed by atoms with E-state index in [0.717, 1.165) is 19.3 Å². The van der Waals surface area contributed by atoms with Crippen LogP contribution in [0.4, 0.5) is 4.79 Å². The van der Waals surface area contributed by atoms with Gasteiger partial charge in [0, 0.05) is 12.1 Å². The van der Waals surface area contributed by atoms with Crippen molar-refractivity contribution in [3.63, 3.8) is 0 Å². The fourth-order valence-corrected chi connectivity index (χ4v) is 3.67. The molecule has 5 heteroatoms. The molecule has 2 saturated carbocycles. The molecule has 5 nitrogen and oxygen atoms in total. The second-order valence-corrected chi connectivity index (χ2v) is 6.88. The van der Waals surface area contributed by atoms with E-state index in [0.29, 0.717) is 24.7 Å². The number of urea groups is 1. The van der Waals surface area contributed by atoms with Crippen LogP contribution in [-0.2, 0) is 4.79 Å². The average Bonchev–Trinajstić information content (AvgIpc) is 2.44. The van der Waals surface area contributed by atoms with Gasteiger partial charge in [-0.15, -0.1) is 0 Å². The number of hydrogen-bond acceptors (Lipinski definition) is 2. The fourth-order valence-electron chi connectivity index (χ4n) is 3.67. The van der Waals surface area contributed by atoms with Crippen LogP contribution in [0, 0.1) is 17.8 Å². The van der Waals surface area contributed by atoms with Crippen LogP contribution in [0.2, 0.25) is 0 Å². The maximum absolute atomic E-state index is 12.1. The van der Waals surface area contributed by atoms with Gasteiger partial charge in [0.2, 0.25) is 0 Å². The predicted octanol–water partition coefficient (Wildman–Crippen LogP) is 2.75. The molecule has 0 radical (unpaired) electrons. The summed E-state index contributed by atoms with van der Waals surface area (Å²) >= 11 is 0. The molecule has 0 saturated heterocycles. The molecule has 0 bridgehead atoms. The number of nitrogens with one attached hydrogen (secondary N) is 2. The van der Waals surface area contributed by atoms with Gasteiger partial charge in [0.25, 0.3) is 0 Å². The molecule has 0 aromatic rings. The Morgan fingerprint density at radius 3 is 2.24 bits per heavy atom. The number of amides is 2. The molecule has 3 unspecified atom stereocenters. The second-order valence-electron chi connectivity index (χ2n) is 6.88. The van der Waals surface area contributed by atoms with Gasteiger partial charge in [-0.2, -0.15) is 0 Å². The van der Waals surface area contributed by atoms with E-state index in [2.05, 4.69) is 24.5 Å². The monoisotopic (exact) mass is 296 g/mol. The van der Waals surface area contributed by atoms with Gasteiger partial charge < -0.3 is 15.7 Å². The van der Waals surface area contributed by atoms with Crippen molar-refractivity contribution in [2.75, 3.05) is 0 Å². The maximum Gasteiger partial charge on any atom is 0.315 e. The number of aliphatic carboxylic acids is 1.